The van der Waals surface area contributed by atoms with Gasteiger partial charge in [-0.25, -0.2) is 0 Å². The summed E-state index contributed by atoms with van der Waals surface area (Å²) in [6, 6.07) is 4.03. The van der Waals surface area contributed by atoms with E-state index < -0.39 is 0 Å². The van der Waals surface area contributed by atoms with Crippen LogP contribution >= 0.6 is 11.6 Å². The minimum Gasteiger partial charge on any atom is -0.492 e. The molecule has 20 heavy (non-hydrogen) atoms. The van der Waals surface area contributed by atoms with Gasteiger partial charge in [0.05, 0.1) is 12.3 Å². The molecule has 0 fully saturated rings. The van der Waals surface area contributed by atoms with Gasteiger partial charge in [-0.3, -0.25) is 9.69 Å². The Balaban J connectivity index is 2.50. The van der Waals surface area contributed by atoms with Gasteiger partial charge in [0.1, 0.15) is 18.4 Å². The van der Waals surface area contributed by atoms with E-state index >= 15 is 0 Å². The highest BCUT2D eigenvalue weighted by atomic mass is 35.5. The second-order valence-electron chi connectivity index (χ2n) is 4.71. The van der Waals surface area contributed by atoms with Crippen LogP contribution in [0.3, 0.4) is 0 Å². The van der Waals surface area contributed by atoms with Crippen molar-refractivity contribution in [3.05, 3.63) is 23.3 Å². The fourth-order valence-corrected chi connectivity index (χ4v) is 2.80. The third-order valence-corrected chi connectivity index (χ3v) is 3.69. The van der Waals surface area contributed by atoms with Gasteiger partial charge < -0.3 is 9.47 Å². The minimum atomic E-state index is -0.172. The van der Waals surface area contributed by atoms with E-state index in [0.29, 0.717) is 6.61 Å². The predicted octanol–water partition coefficient (Wildman–Crippen LogP) is 2.75. The van der Waals surface area contributed by atoms with Crippen LogP contribution in [0, 0.1) is 0 Å². The summed E-state index contributed by atoms with van der Waals surface area (Å²) in [5, 5.41) is 0. The van der Waals surface area contributed by atoms with E-state index in [2.05, 4.69) is 6.07 Å². The van der Waals surface area contributed by atoms with E-state index in [1.54, 1.807) is 12.0 Å². The van der Waals surface area contributed by atoms with Gasteiger partial charge in [-0.05, 0) is 43.4 Å². The molecule has 2 rings (SSSR count). The van der Waals surface area contributed by atoms with Crippen molar-refractivity contribution >= 4 is 23.2 Å². The normalized spacial score (nSPS) is 13.2. The second kappa shape index (κ2) is 6.95. The van der Waals surface area contributed by atoms with Crippen molar-refractivity contribution in [2.75, 3.05) is 31.2 Å². The van der Waals surface area contributed by atoms with Crippen LogP contribution in [-0.4, -0.2) is 32.2 Å². The quantitative estimate of drug-likeness (QED) is 0.599. The first-order chi connectivity index (χ1) is 9.72. The summed E-state index contributed by atoms with van der Waals surface area (Å²) in [4.78, 5) is 13.7. The van der Waals surface area contributed by atoms with Gasteiger partial charge in [-0.15, -0.1) is 11.6 Å². The van der Waals surface area contributed by atoms with Gasteiger partial charge in [0, 0.05) is 7.11 Å². The molecule has 0 aliphatic heterocycles. The van der Waals surface area contributed by atoms with Crippen LogP contribution in [0.4, 0.5) is 5.69 Å². The van der Waals surface area contributed by atoms with Gasteiger partial charge in [0.2, 0.25) is 5.91 Å². The summed E-state index contributed by atoms with van der Waals surface area (Å²) < 4.78 is 10.9. The molecular weight excluding hydrogens is 278 g/mol. The summed E-state index contributed by atoms with van der Waals surface area (Å²) in [6.45, 7) is 2.67. The Hall–Kier alpha value is -1.26. The number of carbonyl (C=O) groups excluding carboxylic acids is 1. The molecule has 5 heteroatoms. The third kappa shape index (κ3) is 2.91. The number of rotatable bonds is 6. The molecule has 1 aliphatic rings. The lowest BCUT2D eigenvalue weighted by Crippen LogP contribution is -2.34. The molecule has 1 aromatic rings. The number of nitrogens with zero attached hydrogens (tertiary/aromatic N) is 1. The molecule has 0 radical (unpaired) electrons. The summed E-state index contributed by atoms with van der Waals surface area (Å²) in [5.74, 6) is 0.483. The molecule has 0 aromatic heterocycles. The molecule has 1 aliphatic carbocycles. The van der Waals surface area contributed by atoms with Crippen molar-refractivity contribution in [3.63, 3.8) is 0 Å². The number of anilines is 1. The zero-order chi connectivity index (χ0) is 14.5. The molecular formula is C15H20ClNO3. The lowest BCUT2D eigenvalue weighted by molar-refractivity contribution is -0.117. The number of benzene rings is 1. The molecule has 4 nitrogen and oxygen atoms in total. The fourth-order valence-electron chi connectivity index (χ4n) is 2.66. The maximum Gasteiger partial charge on any atom is 0.243 e. The Morgan fingerprint density at radius 2 is 2.20 bits per heavy atom. The number of methoxy groups -OCH3 is 1. The number of ether oxygens (including phenoxy) is 2. The van der Waals surface area contributed by atoms with E-state index in [9.17, 15) is 4.79 Å². The van der Waals surface area contributed by atoms with Gasteiger partial charge >= 0.3 is 0 Å². The Morgan fingerprint density at radius 1 is 1.40 bits per heavy atom. The monoisotopic (exact) mass is 297 g/mol. The molecule has 0 heterocycles. The number of carbonyl (C=O) groups is 1. The van der Waals surface area contributed by atoms with Crippen molar-refractivity contribution in [1.29, 1.82) is 0 Å². The molecule has 110 valence electrons. The van der Waals surface area contributed by atoms with E-state index in [0.717, 1.165) is 30.7 Å². The van der Waals surface area contributed by atoms with Gasteiger partial charge in [-0.1, -0.05) is 6.07 Å². The number of fused-ring (bicyclic) bond motifs is 1. The van der Waals surface area contributed by atoms with Crippen molar-refractivity contribution in [1.82, 2.24) is 0 Å². The van der Waals surface area contributed by atoms with E-state index in [-0.39, 0.29) is 18.5 Å². The van der Waals surface area contributed by atoms with Gasteiger partial charge in [0.25, 0.3) is 0 Å². The topological polar surface area (TPSA) is 38.8 Å². The summed E-state index contributed by atoms with van der Waals surface area (Å²) in [5.41, 5.74) is 3.30. The highest BCUT2D eigenvalue weighted by molar-refractivity contribution is 6.29. The lowest BCUT2D eigenvalue weighted by Gasteiger charge is -2.26. The van der Waals surface area contributed by atoms with Crippen LogP contribution in [0.2, 0.25) is 0 Å². The van der Waals surface area contributed by atoms with Crippen molar-refractivity contribution in [2.45, 2.75) is 26.2 Å². The van der Waals surface area contributed by atoms with Gasteiger partial charge in [0.15, 0.2) is 0 Å². The average Bonchev–Trinajstić information content (AvgIpc) is 2.93. The van der Waals surface area contributed by atoms with Crippen LogP contribution in [0.25, 0.3) is 0 Å². The Bertz CT molecular complexity index is 490. The number of hydrogen-bond acceptors (Lipinski definition) is 3. The highest BCUT2D eigenvalue weighted by Crippen LogP contribution is 2.39. The number of hydrogen-bond donors (Lipinski definition) is 0. The Morgan fingerprint density at radius 3 is 2.85 bits per heavy atom. The van der Waals surface area contributed by atoms with Crippen molar-refractivity contribution in [3.8, 4) is 5.75 Å². The molecule has 0 unspecified atom stereocenters. The molecule has 1 aromatic carbocycles. The Kier molecular flexibility index (Phi) is 5.26. The largest absolute Gasteiger partial charge is 0.492 e. The third-order valence-electron chi connectivity index (χ3n) is 3.46. The van der Waals surface area contributed by atoms with E-state index in [1.165, 1.54) is 11.1 Å². The van der Waals surface area contributed by atoms with Crippen molar-refractivity contribution < 1.29 is 14.3 Å². The maximum absolute atomic E-state index is 12.1. The Labute approximate surface area is 124 Å². The van der Waals surface area contributed by atoms with Crippen LogP contribution in [0.1, 0.15) is 24.5 Å². The number of halogens is 1. The highest BCUT2D eigenvalue weighted by Gasteiger charge is 2.26. The van der Waals surface area contributed by atoms with E-state index in [1.807, 2.05) is 13.0 Å². The minimum absolute atomic E-state index is 0.0708. The number of aryl methyl sites for hydroxylation is 1. The molecule has 0 saturated carbocycles. The zero-order valence-electron chi connectivity index (χ0n) is 11.9. The summed E-state index contributed by atoms with van der Waals surface area (Å²) >= 11 is 5.73. The summed E-state index contributed by atoms with van der Waals surface area (Å²) in [6.07, 6.45) is 3.11. The molecule has 0 bridgehead atoms. The average molecular weight is 298 g/mol. The first-order valence-electron chi connectivity index (χ1n) is 6.85. The SMILES string of the molecule is CCOc1ccc2c(c1N(COC)C(=O)CCl)CCC2. The molecule has 0 atom stereocenters. The van der Waals surface area contributed by atoms with Crippen LogP contribution in [0.15, 0.2) is 12.1 Å². The van der Waals surface area contributed by atoms with Gasteiger partial charge in [-0.2, -0.15) is 0 Å². The molecule has 0 N–H and O–H groups in total. The van der Waals surface area contributed by atoms with Crippen LogP contribution < -0.4 is 9.64 Å². The van der Waals surface area contributed by atoms with Crippen LogP contribution in [-0.2, 0) is 22.4 Å². The first kappa shape index (κ1) is 15.1. The van der Waals surface area contributed by atoms with Crippen LogP contribution in [0.5, 0.6) is 5.75 Å². The maximum atomic E-state index is 12.1. The zero-order valence-corrected chi connectivity index (χ0v) is 12.7. The van der Waals surface area contributed by atoms with E-state index in [4.69, 9.17) is 21.1 Å². The number of amides is 1. The second-order valence-corrected chi connectivity index (χ2v) is 4.98. The molecule has 1 amide bonds. The predicted molar refractivity (Wildman–Crippen MR) is 79.7 cm³/mol. The summed E-state index contributed by atoms with van der Waals surface area (Å²) in [7, 11) is 1.57. The smallest absolute Gasteiger partial charge is 0.243 e. The molecule has 0 spiro atoms. The first-order valence-corrected chi connectivity index (χ1v) is 7.39. The number of alkyl halides is 1. The van der Waals surface area contributed by atoms with Crippen molar-refractivity contribution in [2.24, 2.45) is 0 Å². The standard InChI is InChI=1S/C15H20ClNO3/c1-3-20-13-8-7-11-5-4-6-12(11)15(13)17(10-19-2)14(18)9-16/h7-8H,3-6,9-10H2,1-2H3. The molecule has 0 saturated heterocycles. The fraction of sp³-hybridized carbons (Fsp3) is 0.533. The lowest BCUT2D eigenvalue weighted by atomic mass is 10.1.